The van der Waals surface area contributed by atoms with E-state index >= 15 is 0 Å². The summed E-state index contributed by atoms with van der Waals surface area (Å²) in [5, 5.41) is 8.92. The zero-order valence-electron chi connectivity index (χ0n) is 11.5. The first kappa shape index (κ1) is 20.1. The number of aromatic carboxylic acids is 1. The van der Waals surface area contributed by atoms with E-state index in [9.17, 15) is 9.59 Å². The Labute approximate surface area is 164 Å². The van der Waals surface area contributed by atoms with Gasteiger partial charge in [-0.3, -0.25) is 0 Å². The van der Waals surface area contributed by atoms with Gasteiger partial charge in [-0.05, 0) is 18.2 Å². The monoisotopic (exact) mass is 324 g/mol. The van der Waals surface area contributed by atoms with E-state index in [1.54, 1.807) is 12.1 Å². The number of rotatable bonds is 6. The molecule has 4 nitrogen and oxygen atoms in total. The van der Waals surface area contributed by atoms with E-state index in [-0.39, 0.29) is 56.9 Å². The van der Waals surface area contributed by atoms with Crippen LogP contribution in [-0.2, 0) is 4.18 Å². The van der Waals surface area contributed by atoms with Crippen molar-refractivity contribution in [2.24, 2.45) is 0 Å². The van der Waals surface area contributed by atoms with Crippen molar-refractivity contribution >= 4 is 73.6 Å². The van der Waals surface area contributed by atoms with Crippen LogP contribution in [-0.4, -0.2) is 85.7 Å². The van der Waals surface area contributed by atoms with Crippen LogP contribution in [0.1, 0.15) is 41.5 Å². The molecule has 0 saturated heterocycles. The standard InChI is InChI=1S/C14H20O4S.K.H/c1-4-19(5-2,6-3)18-14(17)12-9-7-8-11(10-12)13(15)16;;/h7-10H,4-6H2,1-3H3,(H,15,16);;. The van der Waals surface area contributed by atoms with Gasteiger partial charge in [-0.2, -0.15) is 0 Å². The molecule has 0 heterocycles. The molecule has 0 aliphatic carbocycles. The molecule has 0 saturated carbocycles. The number of carboxylic acid groups (broad SMARTS) is 1. The van der Waals surface area contributed by atoms with Crippen LogP contribution >= 0.6 is 10.3 Å². The summed E-state index contributed by atoms with van der Waals surface area (Å²) in [7, 11) is -1.39. The Hall–Kier alpha value is 0.146. The van der Waals surface area contributed by atoms with Gasteiger partial charge in [-0.15, -0.1) is 0 Å². The van der Waals surface area contributed by atoms with Gasteiger partial charge in [0.25, 0.3) is 0 Å². The average molecular weight is 324 g/mol. The van der Waals surface area contributed by atoms with Crippen LogP contribution in [0.15, 0.2) is 24.3 Å². The number of hydrogen-bond donors (Lipinski definition) is 1. The van der Waals surface area contributed by atoms with Crippen molar-refractivity contribution in [3.8, 4) is 0 Å². The van der Waals surface area contributed by atoms with Crippen molar-refractivity contribution in [2.45, 2.75) is 20.8 Å². The second-order valence-corrected chi connectivity index (χ2v) is 7.92. The Bertz CT molecular complexity index is 464. The maximum atomic E-state index is 12.1. The van der Waals surface area contributed by atoms with Crippen molar-refractivity contribution in [1.29, 1.82) is 0 Å². The number of carbonyl (C=O) groups is 2. The van der Waals surface area contributed by atoms with E-state index in [2.05, 4.69) is 0 Å². The molecule has 1 aromatic carbocycles. The summed E-state index contributed by atoms with van der Waals surface area (Å²) in [4.78, 5) is 23.0. The fraction of sp³-hybridized carbons (Fsp3) is 0.429. The summed E-state index contributed by atoms with van der Waals surface area (Å²) >= 11 is 0. The van der Waals surface area contributed by atoms with Gasteiger partial charge in [0, 0.05) is 17.3 Å². The molecule has 0 spiro atoms. The molecule has 0 aliphatic rings. The van der Waals surface area contributed by atoms with E-state index in [1.807, 2.05) is 20.8 Å². The Kier molecular flexibility index (Phi) is 9.29. The number of carboxylic acids is 1. The third-order valence-corrected chi connectivity index (χ3v) is 6.84. The van der Waals surface area contributed by atoms with Crippen LogP contribution in [0.4, 0.5) is 0 Å². The molecule has 0 radical (unpaired) electrons. The summed E-state index contributed by atoms with van der Waals surface area (Å²) in [5.41, 5.74) is 0.395. The number of carbonyl (C=O) groups excluding carboxylic acids is 1. The first-order valence-electron chi connectivity index (χ1n) is 6.31. The van der Waals surface area contributed by atoms with Gasteiger partial charge in [0.2, 0.25) is 0 Å². The molecule has 6 heteroatoms. The molecule has 0 bridgehead atoms. The molecule has 0 atom stereocenters. The van der Waals surface area contributed by atoms with Crippen molar-refractivity contribution in [1.82, 2.24) is 0 Å². The van der Waals surface area contributed by atoms with Crippen molar-refractivity contribution in [2.75, 3.05) is 17.3 Å². The van der Waals surface area contributed by atoms with Crippen LogP contribution < -0.4 is 0 Å². The quantitative estimate of drug-likeness (QED) is 0.817. The molecule has 0 aliphatic heterocycles. The van der Waals surface area contributed by atoms with Crippen molar-refractivity contribution in [3.63, 3.8) is 0 Å². The number of benzene rings is 1. The fourth-order valence-electron chi connectivity index (χ4n) is 1.78. The van der Waals surface area contributed by atoms with Crippen LogP contribution in [0, 0.1) is 0 Å². The minimum absolute atomic E-state index is 0. The zero-order valence-corrected chi connectivity index (χ0v) is 12.3. The Morgan fingerprint density at radius 3 is 2.05 bits per heavy atom. The Morgan fingerprint density at radius 2 is 1.60 bits per heavy atom. The van der Waals surface area contributed by atoms with Gasteiger partial charge in [0.05, 0.1) is 11.1 Å². The SMILES string of the molecule is CCS(CC)(CC)OC(=O)c1cccc(C(=O)O)c1.[KH]. The van der Waals surface area contributed by atoms with Gasteiger partial charge >= 0.3 is 63.3 Å². The van der Waals surface area contributed by atoms with E-state index in [1.165, 1.54) is 12.1 Å². The van der Waals surface area contributed by atoms with Crippen LogP contribution in [0.25, 0.3) is 0 Å². The molecule has 0 amide bonds. The molecule has 1 rings (SSSR count). The second kappa shape index (κ2) is 9.22. The molecular formula is C14H21KO4S. The minimum atomic E-state index is -1.39. The van der Waals surface area contributed by atoms with Crippen LogP contribution in [0.2, 0.25) is 0 Å². The van der Waals surface area contributed by atoms with Gasteiger partial charge in [-0.25, -0.2) is 9.59 Å². The van der Waals surface area contributed by atoms with Gasteiger partial charge < -0.3 is 9.29 Å². The first-order valence-corrected chi connectivity index (χ1v) is 8.38. The molecule has 0 unspecified atom stereocenters. The average Bonchev–Trinajstić information content (AvgIpc) is 2.45. The summed E-state index contributed by atoms with van der Waals surface area (Å²) in [6.07, 6.45) is 0. The van der Waals surface area contributed by atoms with E-state index in [0.29, 0.717) is 5.56 Å². The van der Waals surface area contributed by atoms with Crippen molar-refractivity contribution in [3.05, 3.63) is 35.4 Å². The summed E-state index contributed by atoms with van der Waals surface area (Å²) in [6.45, 7) is 6.05. The van der Waals surface area contributed by atoms with Crippen molar-refractivity contribution < 1.29 is 18.9 Å². The predicted octanol–water partition coefficient (Wildman–Crippen LogP) is 2.67. The van der Waals surface area contributed by atoms with E-state index in [4.69, 9.17) is 9.29 Å². The summed E-state index contributed by atoms with van der Waals surface area (Å²) in [5.74, 6) is 0.998. The molecule has 20 heavy (non-hydrogen) atoms. The summed E-state index contributed by atoms with van der Waals surface area (Å²) in [6, 6.07) is 5.95. The third-order valence-electron chi connectivity index (χ3n) is 3.18. The second-order valence-electron chi connectivity index (χ2n) is 4.09. The Morgan fingerprint density at radius 1 is 1.10 bits per heavy atom. The molecule has 108 valence electrons. The molecule has 1 N–H and O–H groups in total. The van der Waals surface area contributed by atoms with Crippen LogP contribution in [0.3, 0.4) is 0 Å². The fourth-order valence-corrected chi connectivity index (χ4v) is 3.77. The zero-order chi connectivity index (χ0) is 14.5. The predicted molar refractivity (Wildman–Crippen MR) is 85.2 cm³/mol. The molecule has 0 aromatic heterocycles. The third kappa shape index (κ3) is 5.16. The van der Waals surface area contributed by atoms with E-state index < -0.39 is 22.2 Å². The van der Waals surface area contributed by atoms with Gasteiger partial charge in [-0.1, -0.05) is 37.1 Å². The molecule has 0 fully saturated rings. The van der Waals surface area contributed by atoms with Gasteiger partial charge in [0.1, 0.15) is 0 Å². The molecular weight excluding hydrogens is 303 g/mol. The topological polar surface area (TPSA) is 63.6 Å². The van der Waals surface area contributed by atoms with E-state index in [0.717, 1.165) is 17.3 Å². The Balaban J connectivity index is 0.00000361. The normalized spacial score (nSPS) is 11.3. The van der Waals surface area contributed by atoms with Crippen LogP contribution in [0.5, 0.6) is 0 Å². The van der Waals surface area contributed by atoms with Gasteiger partial charge in [0.15, 0.2) is 0 Å². The summed E-state index contributed by atoms with van der Waals surface area (Å²) < 4.78 is 5.66. The first-order chi connectivity index (χ1) is 8.98. The molecule has 1 aromatic rings. The number of hydrogen-bond acceptors (Lipinski definition) is 3. The maximum absolute atomic E-state index is 12.1.